The Morgan fingerprint density at radius 2 is 2.00 bits per heavy atom. The van der Waals surface area contributed by atoms with Gasteiger partial charge in [0.25, 0.3) is 0 Å². The van der Waals surface area contributed by atoms with E-state index in [1.165, 1.54) is 0 Å². The van der Waals surface area contributed by atoms with Crippen LogP contribution in [-0.4, -0.2) is 16.5 Å². The zero-order chi connectivity index (χ0) is 11.5. The van der Waals surface area contributed by atoms with Crippen LogP contribution in [0.15, 0.2) is 0 Å². The number of ketones is 1. The van der Waals surface area contributed by atoms with Crippen molar-refractivity contribution in [1.82, 2.24) is 0 Å². The number of carbonyl (C=O) groups is 1. The lowest BCUT2D eigenvalue weighted by Crippen LogP contribution is -2.59. The largest absolute Gasteiger partial charge is 0.389 e. The van der Waals surface area contributed by atoms with E-state index in [9.17, 15) is 9.90 Å². The molecule has 0 aromatic carbocycles. The van der Waals surface area contributed by atoms with Gasteiger partial charge < -0.3 is 5.11 Å². The van der Waals surface area contributed by atoms with Gasteiger partial charge in [0, 0.05) is 12.3 Å². The summed E-state index contributed by atoms with van der Waals surface area (Å²) in [6.07, 6.45) is 3.45. The van der Waals surface area contributed by atoms with Crippen LogP contribution in [0.3, 0.4) is 0 Å². The molecule has 0 spiro atoms. The first-order valence-electron chi connectivity index (χ1n) is 5.93. The van der Waals surface area contributed by atoms with Gasteiger partial charge in [-0.3, -0.25) is 4.79 Å². The van der Waals surface area contributed by atoms with Crippen LogP contribution in [0.2, 0.25) is 0 Å². The number of Topliss-reactive ketones (excluding diaryl/α,β-unsaturated/α-hetero) is 1. The Kier molecular flexibility index (Phi) is 2.11. The lowest BCUT2D eigenvalue weighted by Gasteiger charge is -2.58. The van der Waals surface area contributed by atoms with Crippen molar-refractivity contribution in [2.24, 2.45) is 16.7 Å². The SMILES string of the molecule is CC(C)(C)[C@@]12CC[C@@H](C(=O)C1)[C@@](C)(O)C2. The van der Waals surface area contributed by atoms with Gasteiger partial charge in [-0.2, -0.15) is 0 Å². The summed E-state index contributed by atoms with van der Waals surface area (Å²) in [4.78, 5) is 12.0. The number of carbonyl (C=O) groups excluding carboxylic acids is 1. The summed E-state index contributed by atoms with van der Waals surface area (Å²) in [5, 5.41) is 10.3. The molecule has 2 heteroatoms. The predicted molar refractivity (Wildman–Crippen MR) is 59.5 cm³/mol. The normalized spacial score (nSPS) is 45.9. The molecule has 0 radical (unpaired) electrons. The molecular weight excluding hydrogens is 188 g/mol. The van der Waals surface area contributed by atoms with Crippen molar-refractivity contribution in [1.29, 1.82) is 0 Å². The summed E-state index contributed by atoms with van der Waals surface area (Å²) in [6, 6.07) is 0. The van der Waals surface area contributed by atoms with E-state index in [0.717, 1.165) is 19.3 Å². The van der Waals surface area contributed by atoms with E-state index in [4.69, 9.17) is 0 Å². The molecule has 0 saturated heterocycles. The molecule has 3 aliphatic rings. The molecule has 0 heterocycles. The van der Waals surface area contributed by atoms with Crippen LogP contribution in [0.5, 0.6) is 0 Å². The van der Waals surface area contributed by atoms with Gasteiger partial charge in [0.05, 0.1) is 5.60 Å². The van der Waals surface area contributed by atoms with Crippen molar-refractivity contribution in [3.05, 3.63) is 0 Å². The number of aliphatic hydroxyl groups is 1. The predicted octanol–water partition coefficient (Wildman–Crippen LogP) is 2.54. The second-order valence-corrected chi connectivity index (χ2v) is 6.80. The first-order chi connectivity index (χ1) is 6.68. The summed E-state index contributed by atoms with van der Waals surface area (Å²) in [7, 11) is 0. The lowest BCUT2D eigenvalue weighted by atomic mass is 9.47. The highest BCUT2D eigenvalue weighted by Gasteiger charge is 2.59. The minimum absolute atomic E-state index is 0.0301. The smallest absolute Gasteiger partial charge is 0.139 e. The third-order valence-corrected chi connectivity index (χ3v) is 4.85. The zero-order valence-electron chi connectivity index (χ0n) is 10.3. The van der Waals surface area contributed by atoms with Crippen LogP contribution >= 0.6 is 0 Å². The molecule has 3 rings (SSSR count). The van der Waals surface area contributed by atoms with Crippen molar-refractivity contribution in [2.75, 3.05) is 0 Å². The van der Waals surface area contributed by atoms with Gasteiger partial charge >= 0.3 is 0 Å². The van der Waals surface area contributed by atoms with Crippen molar-refractivity contribution in [2.45, 2.75) is 59.0 Å². The Morgan fingerprint density at radius 3 is 2.40 bits per heavy atom. The summed E-state index contributed by atoms with van der Waals surface area (Å²) in [5.74, 6) is 0.189. The minimum atomic E-state index is -0.763. The highest BCUT2D eigenvalue weighted by molar-refractivity contribution is 5.85. The Morgan fingerprint density at radius 1 is 1.40 bits per heavy atom. The van der Waals surface area contributed by atoms with Crippen molar-refractivity contribution in [3.63, 3.8) is 0 Å². The molecule has 0 aromatic heterocycles. The molecule has 1 N–H and O–H groups in total. The van der Waals surface area contributed by atoms with Crippen molar-refractivity contribution < 1.29 is 9.90 Å². The van der Waals surface area contributed by atoms with E-state index in [-0.39, 0.29) is 22.5 Å². The van der Waals surface area contributed by atoms with Gasteiger partial charge in [0.15, 0.2) is 0 Å². The van der Waals surface area contributed by atoms with Gasteiger partial charge in [0.2, 0.25) is 0 Å². The molecule has 3 saturated carbocycles. The first-order valence-corrected chi connectivity index (χ1v) is 5.93. The van der Waals surface area contributed by atoms with Gasteiger partial charge in [-0.15, -0.1) is 0 Å². The fourth-order valence-electron chi connectivity index (χ4n) is 3.65. The molecule has 0 aromatic rings. The maximum atomic E-state index is 12.0. The molecule has 15 heavy (non-hydrogen) atoms. The number of hydrogen-bond donors (Lipinski definition) is 1. The molecular formula is C13H22O2. The highest BCUT2D eigenvalue weighted by atomic mass is 16.3. The molecule has 0 unspecified atom stereocenters. The minimum Gasteiger partial charge on any atom is -0.389 e. The number of rotatable bonds is 0. The number of hydrogen-bond acceptors (Lipinski definition) is 2. The first kappa shape index (κ1) is 11.1. The van der Waals surface area contributed by atoms with Gasteiger partial charge in [-0.05, 0) is 37.0 Å². The molecule has 3 fully saturated rings. The standard InChI is InChI=1S/C13H22O2/c1-11(2,3)13-6-5-9(10(14)7-13)12(4,15)8-13/h9,15H,5-8H2,1-4H3/t9-,12-,13-/m0/s1. The summed E-state index contributed by atoms with van der Waals surface area (Å²) >= 11 is 0. The van der Waals surface area contributed by atoms with Crippen LogP contribution in [0.4, 0.5) is 0 Å². The van der Waals surface area contributed by atoms with Crippen molar-refractivity contribution in [3.8, 4) is 0 Å². The number of fused-ring (bicyclic) bond motifs is 3. The van der Waals surface area contributed by atoms with Crippen LogP contribution in [0.25, 0.3) is 0 Å². The maximum absolute atomic E-state index is 12.0. The Balaban J connectivity index is 2.40. The zero-order valence-corrected chi connectivity index (χ0v) is 10.3. The Bertz CT molecular complexity index is 298. The molecule has 86 valence electrons. The molecule has 0 amide bonds. The van der Waals surface area contributed by atoms with E-state index in [0.29, 0.717) is 6.42 Å². The third-order valence-electron chi connectivity index (χ3n) is 4.85. The summed E-state index contributed by atoms with van der Waals surface area (Å²) in [6.45, 7) is 8.43. The van der Waals surface area contributed by atoms with Crippen LogP contribution in [0.1, 0.15) is 53.4 Å². The van der Waals surface area contributed by atoms with E-state index in [1.54, 1.807) is 0 Å². The molecule has 2 nitrogen and oxygen atoms in total. The molecule has 3 aliphatic carbocycles. The summed E-state index contributed by atoms with van der Waals surface area (Å²) < 4.78 is 0. The van der Waals surface area contributed by atoms with Gasteiger partial charge in [-0.1, -0.05) is 20.8 Å². The third kappa shape index (κ3) is 1.45. The Labute approximate surface area is 92.1 Å². The summed E-state index contributed by atoms with van der Waals surface area (Å²) in [5.41, 5.74) is -0.624. The quantitative estimate of drug-likeness (QED) is 0.667. The van der Waals surface area contributed by atoms with Crippen LogP contribution in [-0.2, 0) is 4.79 Å². The van der Waals surface area contributed by atoms with E-state index in [2.05, 4.69) is 20.8 Å². The topological polar surface area (TPSA) is 37.3 Å². The van der Waals surface area contributed by atoms with Gasteiger partial charge in [-0.25, -0.2) is 0 Å². The average molecular weight is 210 g/mol. The monoisotopic (exact) mass is 210 g/mol. The van der Waals surface area contributed by atoms with Crippen LogP contribution < -0.4 is 0 Å². The van der Waals surface area contributed by atoms with E-state index in [1.807, 2.05) is 6.92 Å². The Hall–Kier alpha value is -0.370. The van der Waals surface area contributed by atoms with E-state index < -0.39 is 5.60 Å². The fourth-order valence-corrected chi connectivity index (χ4v) is 3.65. The molecule has 3 atom stereocenters. The van der Waals surface area contributed by atoms with Crippen molar-refractivity contribution >= 4 is 5.78 Å². The molecule has 0 aliphatic heterocycles. The second kappa shape index (κ2) is 2.85. The second-order valence-electron chi connectivity index (χ2n) is 6.80. The fraction of sp³-hybridized carbons (Fsp3) is 0.923. The van der Waals surface area contributed by atoms with E-state index >= 15 is 0 Å². The average Bonchev–Trinajstić information content (AvgIpc) is 1.98. The maximum Gasteiger partial charge on any atom is 0.139 e. The highest BCUT2D eigenvalue weighted by Crippen LogP contribution is 2.60. The lowest BCUT2D eigenvalue weighted by molar-refractivity contribution is -0.174. The van der Waals surface area contributed by atoms with Crippen LogP contribution in [0, 0.1) is 16.7 Å². The van der Waals surface area contributed by atoms with Gasteiger partial charge in [0.1, 0.15) is 5.78 Å². The molecule has 2 bridgehead atoms.